The minimum Gasteiger partial charge on any atom is -0.307 e. The number of hydrogen-bond donors (Lipinski definition) is 1. The third kappa shape index (κ3) is 2.43. The number of carbonyl (C=O) groups excluding carboxylic acids is 1. The molecule has 3 aromatic heterocycles. The molecule has 0 spiro atoms. The molecule has 1 aliphatic rings. The number of fused-ring (bicyclic) bond motifs is 4. The first kappa shape index (κ1) is 15.2. The second-order valence-electron chi connectivity index (χ2n) is 5.61. The second-order valence-corrected chi connectivity index (χ2v) is 8.67. The Bertz CT molecular complexity index is 1130. The van der Waals surface area contributed by atoms with Crippen LogP contribution >= 0.6 is 34.4 Å². The molecule has 1 N–H and O–H groups in total. The van der Waals surface area contributed by atoms with Crippen LogP contribution in [0.1, 0.15) is 22.9 Å². The van der Waals surface area contributed by atoms with Gasteiger partial charge in [0.1, 0.15) is 5.82 Å². The zero-order valence-electron chi connectivity index (χ0n) is 13.1. The minimum absolute atomic E-state index is 0.259. The molecular weight excluding hydrogens is 376 g/mol. The van der Waals surface area contributed by atoms with E-state index < -0.39 is 0 Å². The first-order valence-electron chi connectivity index (χ1n) is 7.70. The molecule has 0 aliphatic carbocycles. The van der Waals surface area contributed by atoms with Crippen molar-refractivity contribution < 1.29 is 4.79 Å². The maximum atomic E-state index is 12.5. The van der Waals surface area contributed by atoms with Gasteiger partial charge in [0.15, 0.2) is 9.47 Å². The highest BCUT2D eigenvalue weighted by molar-refractivity contribution is 8.00. The number of hydrogen-bond acceptors (Lipinski definition) is 8. The van der Waals surface area contributed by atoms with Crippen LogP contribution in [0.25, 0.3) is 20.4 Å². The lowest BCUT2D eigenvalue weighted by molar-refractivity contribution is 0.101. The highest BCUT2D eigenvalue weighted by Gasteiger charge is 2.23. The van der Waals surface area contributed by atoms with Crippen molar-refractivity contribution in [2.45, 2.75) is 23.7 Å². The minimum atomic E-state index is -0.259. The summed E-state index contributed by atoms with van der Waals surface area (Å²) in [5, 5.41) is 11.5. The van der Waals surface area contributed by atoms with E-state index in [0.717, 1.165) is 50.0 Å². The lowest BCUT2D eigenvalue weighted by Gasteiger charge is -2.01. The fraction of sp³-hybridized carbons (Fsp3) is 0.267. The van der Waals surface area contributed by atoms with E-state index >= 15 is 0 Å². The molecule has 0 atom stereocenters. The van der Waals surface area contributed by atoms with Crippen LogP contribution in [-0.2, 0) is 13.0 Å². The number of benzene rings is 1. The fourth-order valence-electron chi connectivity index (χ4n) is 2.96. The highest BCUT2D eigenvalue weighted by Crippen LogP contribution is 2.38. The number of nitrogens with zero attached hydrogens (tertiary/aromatic N) is 5. The molecule has 0 unspecified atom stereocenters. The van der Waals surface area contributed by atoms with Crippen molar-refractivity contribution in [1.29, 1.82) is 0 Å². The van der Waals surface area contributed by atoms with Crippen molar-refractivity contribution in [2.24, 2.45) is 0 Å². The van der Waals surface area contributed by atoms with Crippen LogP contribution in [0.4, 0.5) is 5.13 Å². The molecular formula is C15H12N6OS3. The van der Waals surface area contributed by atoms with E-state index in [0.29, 0.717) is 11.0 Å². The van der Waals surface area contributed by atoms with Gasteiger partial charge < -0.3 is 4.57 Å². The molecule has 7 nitrogen and oxygen atoms in total. The fourth-order valence-corrected chi connectivity index (χ4v) is 5.62. The third-order valence-corrected chi connectivity index (χ3v) is 7.31. The average Bonchev–Trinajstić information content (AvgIpc) is 3.34. The predicted octanol–water partition coefficient (Wildman–Crippen LogP) is 3.42. The van der Waals surface area contributed by atoms with Gasteiger partial charge in [-0.2, -0.15) is 0 Å². The normalized spacial score (nSPS) is 13.6. The molecule has 4 heterocycles. The monoisotopic (exact) mass is 388 g/mol. The van der Waals surface area contributed by atoms with Crippen LogP contribution < -0.4 is 5.32 Å². The molecule has 1 amide bonds. The van der Waals surface area contributed by atoms with Crippen LogP contribution in [0.15, 0.2) is 16.5 Å². The lowest BCUT2D eigenvalue weighted by Crippen LogP contribution is -2.17. The van der Waals surface area contributed by atoms with Crippen LogP contribution in [0.2, 0.25) is 0 Å². The van der Waals surface area contributed by atoms with Gasteiger partial charge in [0.2, 0.25) is 5.82 Å². The first-order valence-corrected chi connectivity index (χ1v) is 10.6. The molecule has 0 saturated carbocycles. The Hall–Kier alpha value is -2.04. The molecule has 4 aromatic rings. The van der Waals surface area contributed by atoms with Gasteiger partial charge in [0, 0.05) is 13.0 Å². The van der Waals surface area contributed by atoms with Crippen molar-refractivity contribution in [3.63, 3.8) is 0 Å². The van der Waals surface area contributed by atoms with Crippen molar-refractivity contribution >= 4 is 65.9 Å². The number of carbonyl (C=O) groups is 1. The quantitative estimate of drug-likeness (QED) is 0.541. The van der Waals surface area contributed by atoms with Gasteiger partial charge in [0.25, 0.3) is 5.91 Å². The molecule has 0 radical (unpaired) electrons. The topological polar surface area (TPSA) is 85.6 Å². The molecule has 0 bridgehead atoms. The zero-order valence-corrected chi connectivity index (χ0v) is 15.6. The van der Waals surface area contributed by atoms with Gasteiger partial charge in [-0.05, 0) is 24.8 Å². The lowest BCUT2D eigenvalue weighted by atomic mass is 10.3. The van der Waals surface area contributed by atoms with Gasteiger partial charge in [-0.3, -0.25) is 10.1 Å². The summed E-state index contributed by atoms with van der Waals surface area (Å²) >= 11 is 4.76. The van der Waals surface area contributed by atoms with Crippen molar-refractivity contribution in [1.82, 2.24) is 24.7 Å². The van der Waals surface area contributed by atoms with E-state index in [4.69, 9.17) is 0 Å². The number of rotatable bonds is 3. The molecule has 1 aliphatic heterocycles. The zero-order chi connectivity index (χ0) is 17.0. The Morgan fingerprint density at radius 1 is 1.20 bits per heavy atom. The standard InChI is InChI=1S/C15H12N6OS3/c1-23-15-17-8-5-4-7-10(11(8)25-15)24-14(16-7)18-13(22)12-20-19-9-3-2-6-21(9)12/h4-5H,2-3,6H2,1H3,(H,16,18,22). The van der Waals surface area contributed by atoms with Crippen LogP contribution in [0.3, 0.4) is 0 Å². The van der Waals surface area contributed by atoms with Gasteiger partial charge in [-0.25, -0.2) is 9.97 Å². The summed E-state index contributed by atoms with van der Waals surface area (Å²) in [6.07, 6.45) is 3.90. The first-order chi connectivity index (χ1) is 12.2. The smallest absolute Gasteiger partial charge is 0.295 e. The van der Waals surface area contributed by atoms with E-state index in [9.17, 15) is 4.79 Å². The maximum absolute atomic E-state index is 12.5. The van der Waals surface area contributed by atoms with Crippen LogP contribution in [0.5, 0.6) is 0 Å². The van der Waals surface area contributed by atoms with Gasteiger partial charge in [0.05, 0.1) is 20.4 Å². The van der Waals surface area contributed by atoms with E-state index in [1.54, 1.807) is 23.1 Å². The number of thioether (sulfide) groups is 1. The van der Waals surface area contributed by atoms with E-state index in [-0.39, 0.29) is 5.91 Å². The molecule has 10 heteroatoms. The predicted molar refractivity (Wildman–Crippen MR) is 101 cm³/mol. The van der Waals surface area contributed by atoms with Gasteiger partial charge in [-0.15, -0.1) is 21.5 Å². The number of thiazole rings is 2. The number of nitrogens with one attached hydrogen (secondary N) is 1. The van der Waals surface area contributed by atoms with E-state index in [2.05, 4.69) is 25.5 Å². The Morgan fingerprint density at radius 3 is 2.84 bits per heavy atom. The Kier molecular flexibility index (Phi) is 3.50. The number of aryl methyl sites for hydroxylation is 1. The van der Waals surface area contributed by atoms with E-state index in [1.165, 1.54) is 11.3 Å². The summed E-state index contributed by atoms with van der Waals surface area (Å²) in [5.74, 6) is 0.981. The largest absolute Gasteiger partial charge is 0.307 e. The molecule has 0 saturated heterocycles. The van der Waals surface area contributed by atoms with Crippen molar-refractivity contribution in [2.75, 3.05) is 11.6 Å². The number of anilines is 1. The maximum Gasteiger partial charge on any atom is 0.295 e. The SMILES string of the molecule is CSc1nc2ccc3nc(NC(=O)c4nnc5n4CCC5)sc3c2s1. The average molecular weight is 389 g/mol. The molecule has 0 fully saturated rings. The van der Waals surface area contributed by atoms with Gasteiger partial charge >= 0.3 is 0 Å². The Morgan fingerprint density at radius 2 is 2.00 bits per heavy atom. The van der Waals surface area contributed by atoms with Crippen LogP contribution in [0, 0.1) is 0 Å². The summed E-state index contributed by atoms with van der Waals surface area (Å²) in [5.41, 5.74) is 1.84. The summed E-state index contributed by atoms with van der Waals surface area (Å²) < 4.78 is 5.08. The second kappa shape index (κ2) is 5.75. The summed E-state index contributed by atoms with van der Waals surface area (Å²) in [6.45, 7) is 0.796. The summed E-state index contributed by atoms with van der Waals surface area (Å²) in [4.78, 5) is 21.7. The molecule has 5 rings (SSSR count). The molecule has 1 aromatic carbocycles. The Balaban J connectivity index is 1.51. The number of amides is 1. The summed E-state index contributed by atoms with van der Waals surface area (Å²) in [6, 6.07) is 3.92. The highest BCUT2D eigenvalue weighted by atomic mass is 32.2. The van der Waals surface area contributed by atoms with Gasteiger partial charge in [-0.1, -0.05) is 23.1 Å². The number of aromatic nitrogens is 5. The summed E-state index contributed by atoms with van der Waals surface area (Å²) in [7, 11) is 0. The van der Waals surface area contributed by atoms with Crippen molar-refractivity contribution in [3.8, 4) is 0 Å². The third-order valence-electron chi connectivity index (χ3n) is 4.10. The van der Waals surface area contributed by atoms with E-state index in [1.807, 2.05) is 23.0 Å². The molecule has 126 valence electrons. The van der Waals surface area contributed by atoms with Crippen molar-refractivity contribution in [3.05, 3.63) is 23.8 Å². The molecule has 25 heavy (non-hydrogen) atoms. The van der Waals surface area contributed by atoms with Crippen LogP contribution in [-0.4, -0.2) is 36.9 Å². The Labute approximate surface area is 154 Å².